The summed E-state index contributed by atoms with van der Waals surface area (Å²) in [6.45, 7) is 6.22. The Kier molecular flexibility index (Phi) is 5.22. The van der Waals surface area contributed by atoms with Crippen LogP contribution in [0.2, 0.25) is 0 Å². The molecule has 152 valence electrons. The van der Waals surface area contributed by atoms with Crippen molar-refractivity contribution in [2.75, 3.05) is 44.2 Å². The average molecular weight is 384 g/mol. The monoisotopic (exact) mass is 383 g/mol. The number of anilines is 1. The van der Waals surface area contributed by atoms with E-state index >= 15 is 0 Å². The number of hydrogen-bond donors (Lipinski definition) is 0. The van der Waals surface area contributed by atoms with Gasteiger partial charge in [0.25, 0.3) is 0 Å². The first-order valence-corrected chi connectivity index (χ1v) is 11.4. The van der Waals surface area contributed by atoms with E-state index in [0.717, 1.165) is 51.5 Å². The number of amides is 1. The van der Waals surface area contributed by atoms with Gasteiger partial charge in [-0.15, -0.1) is 0 Å². The second kappa shape index (κ2) is 7.97. The molecule has 1 saturated carbocycles. The third-order valence-electron chi connectivity index (χ3n) is 7.19. The van der Waals surface area contributed by atoms with Gasteiger partial charge in [0.05, 0.1) is 5.92 Å². The second-order valence-electron chi connectivity index (χ2n) is 9.16. The van der Waals surface area contributed by atoms with Gasteiger partial charge in [-0.3, -0.25) is 9.69 Å². The Morgan fingerprint density at radius 1 is 0.893 bits per heavy atom. The van der Waals surface area contributed by atoms with Gasteiger partial charge in [-0.25, -0.2) is 9.97 Å². The van der Waals surface area contributed by atoms with Crippen LogP contribution in [-0.2, 0) is 4.79 Å². The van der Waals surface area contributed by atoms with Gasteiger partial charge in [-0.05, 0) is 57.9 Å². The van der Waals surface area contributed by atoms with Crippen molar-refractivity contribution in [3.8, 4) is 0 Å². The predicted octanol–water partition coefficient (Wildman–Crippen LogP) is 2.66. The van der Waals surface area contributed by atoms with Crippen LogP contribution in [0.15, 0.2) is 12.4 Å². The number of hydrogen-bond acceptors (Lipinski definition) is 5. The summed E-state index contributed by atoms with van der Waals surface area (Å²) in [5.74, 6) is 2.44. The summed E-state index contributed by atoms with van der Waals surface area (Å²) < 4.78 is 0. The zero-order valence-electron chi connectivity index (χ0n) is 16.9. The van der Waals surface area contributed by atoms with Crippen molar-refractivity contribution in [3.63, 3.8) is 0 Å². The Morgan fingerprint density at radius 2 is 1.68 bits per heavy atom. The van der Waals surface area contributed by atoms with Crippen LogP contribution in [0.25, 0.3) is 0 Å². The molecule has 1 atom stereocenters. The van der Waals surface area contributed by atoms with Crippen LogP contribution in [0.1, 0.15) is 63.0 Å². The van der Waals surface area contributed by atoms with E-state index in [-0.39, 0.29) is 5.92 Å². The number of aromatic nitrogens is 2. The lowest BCUT2D eigenvalue weighted by Gasteiger charge is -2.42. The highest BCUT2D eigenvalue weighted by atomic mass is 16.2. The molecule has 6 heteroatoms. The van der Waals surface area contributed by atoms with Crippen molar-refractivity contribution in [1.82, 2.24) is 19.8 Å². The molecule has 3 aliphatic heterocycles. The van der Waals surface area contributed by atoms with Gasteiger partial charge >= 0.3 is 0 Å². The first-order valence-electron chi connectivity index (χ1n) is 11.4. The molecule has 4 aliphatic rings. The molecule has 4 fully saturated rings. The number of carbonyl (C=O) groups excluding carboxylic acids is 1. The van der Waals surface area contributed by atoms with Gasteiger partial charge < -0.3 is 9.80 Å². The van der Waals surface area contributed by atoms with Gasteiger partial charge in [-0.1, -0.05) is 0 Å². The minimum atomic E-state index is 0.229. The molecule has 1 aromatic rings. The molecule has 1 aliphatic carbocycles. The van der Waals surface area contributed by atoms with Crippen molar-refractivity contribution < 1.29 is 4.79 Å². The summed E-state index contributed by atoms with van der Waals surface area (Å²) in [6, 6.07) is 2.83. The molecular formula is C22H33N5O. The average Bonchev–Trinajstić information content (AvgIpc) is 3.48. The molecule has 1 amide bonds. The SMILES string of the molecule is O=C([C@@H]1CCCN(C2CCN(c3cc(C4CC4)ncn3)CC2)C1)N1CCCC1. The van der Waals surface area contributed by atoms with E-state index < -0.39 is 0 Å². The van der Waals surface area contributed by atoms with E-state index in [1.165, 1.54) is 50.6 Å². The molecule has 6 nitrogen and oxygen atoms in total. The Bertz CT molecular complexity index is 692. The highest BCUT2D eigenvalue weighted by molar-refractivity contribution is 5.79. The smallest absolute Gasteiger partial charge is 0.226 e. The Morgan fingerprint density at radius 3 is 2.43 bits per heavy atom. The standard InChI is InChI=1S/C22H33N5O/c28-22(26-9-1-2-10-26)18-4-3-11-27(15-18)19-7-12-25(13-8-19)21-14-20(17-5-6-17)23-16-24-21/h14,16-19H,1-13,15H2/t18-/m1/s1. The van der Waals surface area contributed by atoms with Crippen molar-refractivity contribution in [2.24, 2.45) is 5.92 Å². The van der Waals surface area contributed by atoms with Crippen molar-refractivity contribution >= 4 is 11.7 Å². The Hall–Kier alpha value is -1.69. The molecule has 0 aromatic carbocycles. The van der Waals surface area contributed by atoms with E-state index in [4.69, 9.17) is 0 Å². The molecule has 1 aromatic heterocycles. The van der Waals surface area contributed by atoms with E-state index in [0.29, 0.717) is 17.9 Å². The molecule has 4 heterocycles. The van der Waals surface area contributed by atoms with Crippen LogP contribution < -0.4 is 4.90 Å². The lowest BCUT2D eigenvalue weighted by Crippen LogP contribution is -2.51. The normalized spacial score (nSPS) is 27.4. The predicted molar refractivity (Wildman–Crippen MR) is 109 cm³/mol. The largest absolute Gasteiger partial charge is 0.356 e. The highest BCUT2D eigenvalue weighted by Gasteiger charge is 2.34. The first-order chi connectivity index (χ1) is 13.8. The molecule has 0 N–H and O–H groups in total. The molecule has 0 spiro atoms. The van der Waals surface area contributed by atoms with E-state index in [1.807, 2.05) is 0 Å². The molecule has 5 rings (SSSR count). The van der Waals surface area contributed by atoms with Crippen LogP contribution in [0, 0.1) is 5.92 Å². The fourth-order valence-electron chi connectivity index (χ4n) is 5.33. The third kappa shape index (κ3) is 3.88. The lowest BCUT2D eigenvalue weighted by atomic mass is 9.93. The quantitative estimate of drug-likeness (QED) is 0.800. The highest BCUT2D eigenvalue weighted by Crippen LogP contribution is 2.39. The summed E-state index contributed by atoms with van der Waals surface area (Å²) >= 11 is 0. The third-order valence-corrected chi connectivity index (χ3v) is 7.19. The van der Waals surface area contributed by atoms with Crippen molar-refractivity contribution in [2.45, 2.75) is 63.3 Å². The van der Waals surface area contributed by atoms with E-state index in [1.54, 1.807) is 6.33 Å². The summed E-state index contributed by atoms with van der Waals surface area (Å²) in [7, 11) is 0. The molecule has 0 radical (unpaired) electrons. The minimum absolute atomic E-state index is 0.229. The number of rotatable bonds is 4. The second-order valence-corrected chi connectivity index (χ2v) is 9.16. The number of likely N-dealkylation sites (tertiary alicyclic amines) is 2. The van der Waals surface area contributed by atoms with Gasteiger partial charge in [0.1, 0.15) is 12.1 Å². The maximum atomic E-state index is 12.8. The zero-order valence-corrected chi connectivity index (χ0v) is 16.9. The molecular weight excluding hydrogens is 350 g/mol. The fraction of sp³-hybridized carbons (Fsp3) is 0.773. The topological polar surface area (TPSA) is 52.6 Å². The van der Waals surface area contributed by atoms with Crippen LogP contribution in [0.3, 0.4) is 0 Å². The Labute approximate surface area is 168 Å². The van der Waals surface area contributed by atoms with Crippen LogP contribution in [0.4, 0.5) is 5.82 Å². The zero-order chi connectivity index (χ0) is 18.9. The summed E-state index contributed by atoms with van der Waals surface area (Å²) in [5, 5.41) is 0. The van der Waals surface area contributed by atoms with Gasteiger partial charge in [0.2, 0.25) is 5.91 Å². The minimum Gasteiger partial charge on any atom is -0.356 e. The lowest BCUT2D eigenvalue weighted by molar-refractivity contribution is -0.136. The summed E-state index contributed by atoms with van der Waals surface area (Å²) in [4.78, 5) is 29.0. The fourth-order valence-corrected chi connectivity index (χ4v) is 5.33. The van der Waals surface area contributed by atoms with Crippen LogP contribution in [0.5, 0.6) is 0 Å². The first kappa shape index (κ1) is 18.3. The summed E-state index contributed by atoms with van der Waals surface area (Å²) in [5.41, 5.74) is 1.23. The molecule has 0 bridgehead atoms. The van der Waals surface area contributed by atoms with Gasteiger partial charge in [-0.2, -0.15) is 0 Å². The maximum absolute atomic E-state index is 12.8. The number of piperidine rings is 2. The molecule has 0 unspecified atom stereocenters. The van der Waals surface area contributed by atoms with Gasteiger partial charge in [0.15, 0.2) is 0 Å². The van der Waals surface area contributed by atoms with Crippen molar-refractivity contribution in [1.29, 1.82) is 0 Å². The number of nitrogens with zero attached hydrogens (tertiary/aromatic N) is 5. The molecule has 28 heavy (non-hydrogen) atoms. The van der Waals surface area contributed by atoms with Crippen LogP contribution in [-0.4, -0.2) is 71.0 Å². The molecule has 3 saturated heterocycles. The van der Waals surface area contributed by atoms with Gasteiger partial charge in [0, 0.05) is 56.4 Å². The summed E-state index contributed by atoms with van der Waals surface area (Å²) in [6.07, 6.45) is 11.3. The van der Waals surface area contributed by atoms with Crippen LogP contribution >= 0.6 is 0 Å². The Balaban J connectivity index is 1.16. The van der Waals surface area contributed by atoms with E-state index in [9.17, 15) is 4.79 Å². The maximum Gasteiger partial charge on any atom is 0.226 e. The van der Waals surface area contributed by atoms with E-state index in [2.05, 4.69) is 30.7 Å². The van der Waals surface area contributed by atoms with Crippen molar-refractivity contribution in [3.05, 3.63) is 18.1 Å². The number of carbonyl (C=O) groups is 1.